The van der Waals surface area contributed by atoms with E-state index in [-0.39, 0.29) is 17.7 Å². The van der Waals surface area contributed by atoms with Gasteiger partial charge < -0.3 is 20.9 Å². The van der Waals surface area contributed by atoms with Gasteiger partial charge in [0.2, 0.25) is 0 Å². The van der Waals surface area contributed by atoms with Crippen molar-refractivity contribution < 1.29 is 22.8 Å². The van der Waals surface area contributed by atoms with Gasteiger partial charge in [-0.25, -0.2) is 14.8 Å². The molecule has 3 N–H and O–H groups in total. The van der Waals surface area contributed by atoms with Crippen LogP contribution in [0.25, 0.3) is 6.08 Å². The number of hydrogen-bond donors (Lipinski definition) is 3. The van der Waals surface area contributed by atoms with Gasteiger partial charge in [0.15, 0.2) is 0 Å². The van der Waals surface area contributed by atoms with Gasteiger partial charge in [-0.05, 0) is 48.9 Å². The number of rotatable bonds is 9. The van der Waals surface area contributed by atoms with Crippen molar-refractivity contribution >= 4 is 41.0 Å². The van der Waals surface area contributed by atoms with E-state index < -0.39 is 23.7 Å². The lowest BCUT2D eigenvalue weighted by molar-refractivity contribution is -0.138. The maximum Gasteiger partial charge on any atom is 0.416 e. The van der Waals surface area contributed by atoms with Crippen molar-refractivity contribution in [3.05, 3.63) is 77.1 Å². The van der Waals surface area contributed by atoms with Crippen LogP contribution in [-0.4, -0.2) is 78.5 Å². The molecule has 10 nitrogen and oxygen atoms in total. The lowest BCUT2D eigenvalue weighted by Crippen LogP contribution is -2.45. The van der Waals surface area contributed by atoms with Gasteiger partial charge in [0.25, 0.3) is 5.91 Å². The molecule has 1 saturated heterocycles. The second kappa shape index (κ2) is 13.9. The van der Waals surface area contributed by atoms with Crippen LogP contribution in [0, 0.1) is 6.92 Å². The van der Waals surface area contributed by atoms with Crippen LogP contribution in [0.2, 0.25) is 0 Å². The minimum Gasteiger partial charge on any atom is -0.372 e. The number of alkyl halides is 3. The molecule has 2 heterocycles. The highest BCUT2D eigenvalue weighted by atomic mass is 19.4. The molecule has 44 heavy (non-hydrogen) atoms. The fourth-order valence-electron chi connectivity index (χ4n) is 5.00. The van der Waals surface area contributed by atoms with Crippen LogP contribution in [0.15, 0.2) is 49.3 Å². The fourth-order valence-corrected chi connectivity index (χ4v) is 5.00. The van der Waals surface area contributed by atoms with E-state index in [9.17, 15) is 22.8 Å². The Hall–Kier alpha value is -4.49. The summed E-state index contributed by atoms with van der Waals surface area (Å²) in [6.45, 7) is 11.7. The molecule has 3 amide bonds. The van der Waals surface area contributed by atoms with Crippen molar-refractivity contribution in [2.45, 2.75) is 26.6 Å². The molecule has 0 atom stereocenters. The standard InChI is InChI=1S/C31H37F3N8O2/c1-6-24-27(35-4)36-19-37-28(24)40(5)30(44)39-26-17-23(11-8-20(26)3)38-29(43)21-9-10-22(25(16-21)31(32,33)34)18-42-14-12-41(7-2)13-15-42/h6,8-11,16-17,19H,1,7,12-15,18H2,2-5H3,(H,38,43)(H,39,44)(H,35,36,37). The monoisotopic (exact) mass is 610 g/mol. The fraction of sp³-hybridized carbons (Fsp3) is 0.355. The van der Waals surface area contributed by atoms with Crippen LogP contribution in [0.1, 0.15) is 39.5 Å². The first-order valence-corrected chi connectivity index (χ1v) is 14.2. The second-order valence-electron chi connectivity index (χ2n) is 10.5. The highest BCUT2D eigenvalue weighted by Gasteiger charge is 2.34. The number of halogens is 3. The van der Waals surface area contributed by atoms with E-state index in [4.69, 9.17) is 0 Å². The van der Waals surface area contributed by atoms with Gasteiger partial charge >= 0.3 is 12.2 Å². The zero-order valence-electron chi connectivity index (χ0n) is 25.3. The molecule has 3 aromatic rings. The third-order valence-electron chi connectivity index (χ3n) is 7.65. The van der Waals surface area contributed by atoms with E-state index in [1.54, 1.807) is 32.2 Å². The largest absolute Gasteiger partial charge is 0.416 e. The number of aryl methyl sites for hydroxylation is 1. The number of piperazine rings is 1. The van der Waals surface area contributed by atoms with Gasteiger partial charge in [-0.3, -0.25) is 14.6 Å². The molecule has 0 saturated carbocycles. The summed E-state index contributed by atoms with van der Waals surface area (Å²) in [7, 11) is 3.23. The predicted molar refractivity (Wildman–Crippen MR) is 167 cm³/mol. The zero-order valence-corrected chi connectivity index (χ0v) is 25.3. The maximum absolute atomic E-state index is 14.1. The lowest BCUT2D eigenvalue weighted by Gasteiger charge is -2.34. The second-order valence-corrected chi connectivity index (χ2v) is 10.5. The quantitative estimate of drug-likeness (QED) is 0.292. The number of anilines is 4. The average Bonchev–Trinajstić information content (AvgIpc) is 3.01. The van der Waals surface area contributed by atoms with Crippen LogP contribution in [-0.2, 0) is 12.7 Å². The first kappa shape index (κ1) is 32.4. The molecule has 2 aromatic carbocycles. The van der Waals surface area contributed by atoms with Crippen LogP contribution in [0.3, 0.4) is 0 Å². The highest BCUT2D eigenvalue weighted by molar-refractivity contribution is 6.06. The van der Waals surface area contributed by atoms with Gasteiger partial charge in [-0.15, -0.1) is 0 Å². The molecule has 1 aliphatic heterocycles. The Morgan fingerprint density at radius 2 is 1.75 bits per heavy atom. The van der Waals surface area contributed by atoms with Crippen molar-refractivity contribution in [3.8, 4) is 0 Å². The molecule has 13 heteroatoms. The number of hydrogen-bond acceptors (Lipinski definition) is 7. The van der Waals surface area contributed by atoms with Crippen molar-refractivity contribution in [3.63, 3.8) is 0 Å². The normalized spacial score (nSPS) is 14.2. The van der Waals surface area contributed by atoms with Gasteiger partial charge in [-0.1, -0.05) is 31.7 Å². The van der Waals surface area contributed by atoms with Gasteiger partial charge in [-0.2, -0.15) is 13.2 Å². The summed E-state index contributed by atoms with van der Waals surface area (Å²) in [5.74, 6) is 0.126. The summed E-state index contributed by atoms with van der Waals surface area (Å²) < 4.78 is 42.2. The number of aromatic nitrogens is 2. The van der Waals surface area contributed by atoms with Gasteiger partial charge in [0.05, 0.1) is 11.1 Å². The summed E-state index contributed by atoms with van der Waals surface area (Å²) in [5, 5.41) is 8.38. The Balaban J connectivity index is 1.49. The smallest absolute Gasteiger partial charge is 0.372 e. The number of benzene rings is 2. The number of carbonyl (C=O) groups is 2. The molecule has 1 fully saturated rings. The summed E-state index contributed by atoms with van der Waals surface area (Å²) in [6.07, 6.45) is -1.76. The van der Waals surface area contributed by atoms with E-state index in [1.165, 1.54) is 36.5 Å². The maximum atomic E-state index is 14.1. The number of amides is 3. The zero-order chi connectivity index (χ0) is 32.0. The predicted octanol–water partition coefficient (Wildman–Crippen LogP) is 5.55. The molecular weight excluding hydrogens is 573 g/mol. The molecule has 1 aromatic heterocycles. The number of likely N-dealkylation sites (N-methyl/N-ethyl adjacent to an activating group) is 1. The van der Waals surface area contributed by atoms with Crippen LogP contribution in [0.5, 0.6) is 0 Å². The van der Waals surface area contributed by atoms with Crippen molar-refractivity contribution in [1.82, 2.24) is 19.8 Å². The molecular formula is C31H37F3N8O2. The summed E-state index contributed by atoms with van der Waals surface area (Å²) in [6, 6.07) is 8.02. The van der Waals surface area contributed by atoms with Crippen molar-refractivity contribution in [1.29, 1.82) is 0 Å². The van der Waals surface area contributed by atoms with Crippen LogP contribution in [0.4, 0.5) is 41.0 Å². The van der Waals surface area contributed by atoms with E-state index in [2.05, 4.69) is 44.3 Å². The Kier molecular flexibility index (Phi) is 10.2. The van der Waals surface area contributed by atoms with Crippen LogP contribution >= 0.6 is 0 Å². The Morgan fingerprint density at radius 3 is 2.39 bits per heavy atom. The molecule has 0 bridgehead atoms. The number of carbonyl (C=O) groups excluding carboxylic acids is 2. The van der Waals surface area contributed by atoms with Crippen molar-refractivity contribution in [2.75, 3.05) is 67.7 Å². The third-order valence-corrected chi connectivity index (χ3v) is 7.65. The average molecular weight is 611 g/mol. The summed E-state index contributed by atoms with van der Waals surface area (Å²) >= 11 is 0. The minimum absolute atomic E-state index is 0.121. The molecule has 4 rings (SSSR count). The number of nitrogens with zero attached hydrogens (tertiary/aromatic N) is 5. The van der Waals surface area contributed by atoms with Crippen LogP contribution < -0.4 is 20.9 Å². The first-order chi connectivity index (χ1) is 20.9. The molecule has 234 valence electrons. The first-order valence-electron chi connectivity index (χ1n) is 14.2. The lowest BCUT2D eigenvalue weighted by atomic mass is 10.0. The molecule has 0 aliphatic carbocycles. The van der Waals surface area contributed by atoms with E-state index in [1.807, 2.05) is 4.90 Å². The Morgan fingerprint density at radius 1 is 1.05 bits per heavy atom. The van der Waals surface area contributed by atoms with E-state index >= 15 is 0 Å². The topological polar surface area (TPSA) is 106 Å². The number of urea groups is 1. The summed E-state index contributed by atoms with van der Waals surface area (Å²) in [5.41, 5.74) is 1.13. The van der Waals surface area contributed by atoms with Gasteiger partial charge in [0.1, 0.15) is 18.0 Å². The molecule has 0 spiro atoms. The van der Waals surface area contributed by atoms with E-state index in [0.29, 0.717) is 47.2 Å². The molecule has 0 unspecified atom stereocenters. The molecule has 1 aliphatic rings. The number of nitrogens with one attached hydrogen (secondary N) is 3. The SMILES string of the molecule is C=Cc1c(NC)ncnc1N(C)C(=O)Nc1cc(NC(=O)c2ccc(CN3CCN(CC)CC3)c(C(F)(F)F)c2)ccc1C. The van der Waals surface area contributed by atoms with Gasteiger partial charge in [0, 0.05) is 63.8 Å². The molecule has 0 radical (unpaired) electrons. The van der Waals surface area contributed by atoms with Crippen molar-refractivity contribution in [2.24, 2.45) is 0 Å². The minimum atomic E-state index is -4.62. The third kappa shape index (κ3) is 7.53. The summed E-state index contributed by atoms with van der Waals surface area (Å²) in [4.78, 5) is 40.1. The van der Waals surface area contributed by atoms with E-state index in [0.717, 1.165) is 25.7 Å². The highest BCUT2D eigenvalue weighted by Crippen LogP contribution is 2.34. The Labute approximate surface area is 255 Å². The Bertz CT molecular complexity index is 1520.